The van der Waals surface area contributed by atoms with Crippen molar-refractivity contribution in [3.63, 3.8) is 0 Å². The van der Waals surface area contributed by atoms with Crippen molar-refractivity contribution in [3.8, 4) is 0 Å². The number of carboxylic acid groups (broad SMARTS) is 1. The average molecular weight is 222 g/mol. The van der Waals surface area contributed by atoms with Gasteiger partial charge >= 0.3 is 5.97 Å². The second-order valence-electron chi connectivity index (χ2n) is 3.95. The molecule has 1 fully saturated rings. The van der Waals surface area contributed by atoms with Crippen molar-refractivity contribution < 1.29 is 14.6 Å². The van der Waals surface area contributed by atoms with Crippen LogP contribution in [0.25, 0.3) is 0 Å². The third-order valence-electron chi connectivity index (χ3n) is 2.64. The number of aliphatic carboxylic acids is 1. The van der Waals surface area contributed by atoms with Crippen LogP contribution in [-0.4, -0.2) is 17.2 Å². The van der Waals surface area contributed by atoms with E-state index < -0.39 is 5.97 Å². The summed E-state index contributed by atoms with van der Waals surface area (Å²) >= 11 is 0. The average Bonchev–Trinajstić information content (AvgIpc) is 2.76. The summed E-state index contributed by atoms with van der Waals surface area (Å²) in [5.74, 6) is -0.270. The van der Waals surface area contributed by atoms with Crippen LogP contribution < -0.4 is 0 Å². The number of hydrogen-bond acceptors (Lipinski definition) is 2. The molecule has 0 heterocycles. The number of ether oxygens (including phenoxy) is 1. The van der Waals surface area contributed by atoms with E-state index in [2.05, 4.69) is 6.58 Å². The van der Waals surface area contributed by atoms with Crippen LogP contribution >= 0.6 is 0 Å². The van der Waals surface area contributed by atoms with Crippen LogP contribution in [-0.2, 0) is 9.53 Å². The maximum absolute atomic E-state index is 10.6. The van der Waals surface area contributed by atoms with Gasteiger partial charge in [0, 0.05) is 5.57 Å². The zero-order chi connectivity index (χ0) is 12.0. The van der Waals surface area contributed by atoms with Crippen LogP contribution in [0.1, 0.15) is 32.6 Å². The molecule has 0 atom stereocenters. The molecule has 0 aromatic rings. The highest BCUT2D eigenvalue weighted by Crippen LogP contribution is 2.23. The predicted octanol–water partition coefficient (Wildman–Crippen LogP) is 3.05. The van der Waals surface area contributed by atoms with Gasteiger partial charge in [0.05, 0.1) is 6.10 Å². The zero-order valence-corrected chi connectivity index (χ0v) is 9.61. The molecule has 0 radical (unpaired) electrons. The molecule has 1 saturated carbocycles. The molecule has 0 aromatic heterocycles. The molecule has 3 nitrogen and oxygen atoms in total. The van der Waals surface area contributed by atoms with Crippen molar-refractivity contribution in [2.45, 2.75) is 38.7 Å². The van der Waals surface area contributed by atoms with Crippen molar-refractivity contribution in [1.82, 2.24) is 0 Å². The van der Waals surface area contributed by atoms with Crippen molar-refractivity contribution in [1.29, 1.82) is 0 Å². The number of carboxylic acids is 1. The minimum Gasteiger partial charge on any atom is -0.490 e. The van der Waals surface area contributed by atoms with E-state index in [1.165, 1.54) is 18.9 Å². The van der Waals surface area contributed by atoms with E-state index in [-0.39, 0.29) is 11.7 Å². The van der Waals surface area contributed by atoms with Crippen molar-refractivity contribution in [2.24, 2.45) is 0 Å². The van der Waals surface area contributed by atoms with Crippen molar-refractivity contribution in [3.05, 3.63) is 36.1 Å². The maximum atomic E-state index is 10.6. The predicted molar refractivity (Wildman–Crippen MR) is 63.0 cm³/mol. The molecule has 0 bridgehead atoms. The largest absolute Gasteiger partial charge is 0.490 e. The smallest absolute Gasteiger partial charge is 0.331 e. The molecule has 0 aliphatic heterocycles. The van der Waals surface area contributed by atoms with Gasteiger partial charge in [0.25, 0.3) is 0 Å². The van der Waals surface area contributed by atoms with Gasteiger partial charge in [-0.05, 0) is 50.8 Å². The van der Waals surface area contributed by atoms with Gasteiger partial charge in [-0.15, -0.1) is 0 Å². The third kappa shape index (κ3) is 3.93. The fraction of sp³-hybridized carbons (Fsp3) is 0.462. The Morgan fingerprint density at radius 2 is 2.00 bits per heavy atom. The second-order valence-corrected chi connectivity index (χ2v) is 3.95. The third-order valence-corrected chi connectivity index (χ3v) is 2.64. The number of rotatable bonds is 5. The lowest BCUT2D eigenvalue weighted by Gasteiger charge is -2.13. The lowest BCUT2D eigenvalue weighted by Crippen LogP contribution is -2.05. The molecule has 0 unspecified atom stereocenters. The van der Waals surface area contributed by atoms with E-state index in [1.54, 1.807) is 19.1 Å². The summed E-state index contributed by atoms with van der Waals surface area (Å²) in [5.41, 5.74) is 0.286. The Balaban J connectivity index is 2.58. The highest BCUT2D eigenvalue weighted by Gasteiger charge is 2.16. The van der Waals surface area contributed by atoms with Crippen LogP contribution in [0.4, 0.5) is 0 Å². The number of carbonyl (C=O) groups is 1. The van der Waals surface area contributed by atoms with Gasteiger partial charge in [-0.2, -0.15) is 0 Å². The summed E-state index contributed by atoms with van der Waals surface area (Å²) in [6, 6.07) is 0. The highest BCUT2D eigenvalue weighted by molar-refractivity contribution is 5.86. The Hall–Kier alpha value is -1.51. The molecule has 1 rings (SSSR count). The molecule has 1 N–H and O–H groups in total. The normalized spacial score (nSPS) is 18.6. The standard InChI is InChI=1S/C13H18O3/c1-3-11(9-8-10(2)13(14)15)16-12-6-4-5-7-12/h3,8-9,12H,1,4-7H2,2H3,(H,14,15)/b10-8+,11-9+. The fourth-order valence-corrected chi connectivity index (χ4v) is 1.63. The summed E-state index contributed by atoms with van der Waals surface area (Å²) in [4.78, 5) is 10.6. The summed E-state index contributed by atoms with van der Waals surface area (Å²) in [6.07, 6.45) is 9.65. The molecule has 16 heavy (non-hydrogen) atoms. The Kier molecular flexibility index (Phi) is 4.83. The van der Waals surface area contributed by atoms with Crippen LogP contribution in [0.2, 0.25) is 0 Å². The first kappa shape index (κ1) is 12.6. The first-order valence-electron chi connectivity index (χ1n) is 5.54. The van der Waals surface area contributed by atoms with E-state index >= 15 is 0 Å². The fourth-order valence-electron chi connectivity index (χ4n) is 1.63. The molecular weight excluding hydrogens is 204 g/mol. The number of allylic oxidation sites excluding steroid dienone is 3. The van der Waals surface area contributed by atoms with Gasteiger partial charge in [-0.25, -0.2) is 4.79 Å². The van der Waals surface area contributed by atoms with E-state index in [0.717, 1.165) is 12.8 Å². The Labute approximate surface area is 96.1 Å². The van der Waals surface area contributed by atoms with Gasteiger partial charge < -0.3 is 9.84 Å². The first-order valence-corrected chi connectivity index (χ1v) is 5.54. The molecule has 1 aliphatic rings. The molecular formula is C13H18O3. The highest BCUT2D eigenvalue weighted by atomic mass is 16.5. The molecule has 88 valence electrons. The maximum Gasteiger partial charge on any atom is 0.331 e. The summed E-state index contributed by atoms with van der Waals surface area (Å²) in [7, 11) is 0. The molecule has 1 aliphatic carbocycles. The van der Waals surface area contributed by atoms with E-state index in [0.29, 0.717) is 5.76 Å². The summed E-state index contributed by atoms with van der Waals surface area (Å²) in [5, 5.41) is 8.69. The lowest BCUT2D eigenvalue weighted by atomic mass is 10.2. The van der Waals surface area contributed by atoms with E-state index in [1.807, 2.05) is 0 Å². The van der Waals surface area contributed by atoms with Crippen LogP contribution in [0.15, 0.2) is 36.1 Å². The van der Waals surface area contributed by atoms with Crippen LogP contribution in [0.3, 0.4) is 0 Å². The first-order chi connectivity index (χ1) is 7.63. The Morgan fingerprint density at radius 3 is 2.50 bits per heavy atom. The van der Waals surface area contributed by atoms with E-state index in [9.17, 15) is 4.79 Å². The Bertz CT molecular complexity index is 320. The molecule has 0 saturated heterocycles. The van der Waals surface area contributed by atoms with Crippen molar-refractivity contribution >= 4 is 5.97 Å². The summed E-state index contributed by atoms with van der Waals surface area (Å²) in [6.45, 7) is 5.21. The second kappa shape index (κ2) is 6.16. The van der Waals surface area contributed by atoms with Gasteiger partial charge in [0.2, 0.25) is 0 Å². The molecule has 3 heteroatoms. The van der Waals surface area contributed by atoms with Crippen LogP contribution in [0, 0.1) is 0 Å². The van der Waals surface area contributed by atoms with Gasteiger partial charge in [0.15, 0.2) is 0 Å². The SMILES string of the molecule is C=C/C(=C\C=C(/C)C(=O)O)OC1CCCC1. The quantitative estimate of drug-likeness (QED) is 0.442. The van der Waals surface area contributed by atoms with Crippen molar-refractivity contribution in [2.75, 3.05) is 0 Å². The van der Waals surface area contributed by atoms with Gasteiger partial charge in [0.1, 0.15) is 5.76 Å². The van der Waals surface area contributed by atoms with Crippen LogP contribution in [0.5, 0.6) is 0 Å². The zero-order valence-electron chi connectivity index (χ0n) is 9.61. The minimum atomic E-state index is -0.916. The monoisotopic (exact) mass is 222 g/mol. The molecule has 0 aromatic carbocycles. The van der Waals surface area contributed by atoms with E-state index in [4.69, 9.17) is 9.84 Å². The number of hydrogen-bond donors (Lipinski definition) is 1. The Morgan fingerprint density at radius 1 is 1.38 bits per heavy atom. The topological polar surface area (TPSA) is 46.5 Å². The molecule has 0 amide bonds. The van der Waals surface area contributed by atoms with Gasteiger partial charge in [-0.1, -0.05) is 6.58 Å². The lowest BCUT2D eigenvalue weighted by molar-refractivity contribution is -0.132. The minimum absolute atomic E-state index is 0.266. The molecule has 0 spiro atoms. The van der Waals surface area contributed by atoms with Gasteiger partial charge in [-0.3, -0.25) is 0 Å². The summed E-state index contributed by atoms with van der Waals surface area (Å²) < 4.78 is 5.70.